The lowest BCUT2D eigenvalue weighted by Crippen LogP contribution is -2.15. The number of halogens is 2. The Morgan fingerprint density at radius 1 is 1.25 bits per heavy atom. The van der Waals surface area contributed by atoms with Crippen molar-refractivity contribution >= 4 is 45.7 Å². The van der Waals surface area contributed by atoms with Crippen LogP contribution in [0, 0.1) is 5.92 Å². The van der Waals surface area contributed by atoms with E-state index in [0.717, 1.165) is 17.4 Å². The van der Waals surface area contributed by atoms with Crippen molar-refractivity contribution in [2.75, 3.05) is 5.32 Å². The lowest BCUT2D eigenvalue weighted by molar-refractivity contribution is -0.117. The van der Waals surface area contributed by atoms with Crippen molar-refractivity contribution in [3.63, 3.8) is 0 Å². The summed E-state index contributed by atoms with van der Waals surface area (Å²) in [6, 6.07) is 7.31. The predicted octanol–water partition coefficient (Wildman–Crippen LogP) is 4.07. The molecule has 0 radical (unpaired) electrons. The summed E-state index contributed by atoms with van der Waals surface area (Å²) in [6.07, 6.45) is 5.95. The van der Waals surface area contributed by atoms with Gasteiger partial charge in [0.15, 0.2) is 0 Å². The molecule has 1 aliphatic rings. The van der Waals surface area contributed by atoms with E-state index in [0.29, 0.717) is 21.5 Å². The van der Waals surface area contributed by atoms with E-state index in [1.807, 2.05) is 18.3 Å². The normalized spacial score (nSPS) is 19.2. The molecule has 2 unspecified atom stereocenters. The summed E-state index contributed by atoms with van der Waals surface area (Å²) in [5, 5.41) is 4.93. The summed E-state index contributed by atoms with van der Waals surface area (Å²) in [4.78, 5) is 24.7. The number of nitrogens with zero attached hydrogens (tertiary/aromatic N) is 3. The predicted molar refractivity (Wildman–Crippen MR) is 93.3 cm³/mol. The van der Waals surface area contributed by atoms with Gasteiger partial charge in [-0.1, -0.05) is 29.3 Å². The standard InChI is InChI=1S/C17H12Cl2N4O/c18-14-4-10-5-15(21-8-13(10)16(19)22-14)23-17(24)12-6-11(12)9-2-1-3-20-7-9/h1-5,7-8,11-12H,6H2,(H,21,23,24). The van der Waals surface area contributed by atoms with Gasteiger partial charge in [-0.25, -0.2) is 9.97 Å². The molecule has 1 fully saturated rings. The number of hydrogen-bond donors (Lipinski definition) is 1. The first kappa shape index (κ1) is 15.3. The van der Waals surface area contributed by atoms with Crippen LogP contribution < -0.4 is 5.32 Å². The number of aromatic nitrogens is 3. The zero-order chi connectivity index (χ0) is 16.7. The van der Waals surface area contributed by atoms with Gasteiger partial charge in [-0.3, -0.25) is 9.78 Å². The maximum atomic E-state index is 12.4. The molecule has 1 amide bonds. The van der Waals surface area contributed by atoms with E-state index in [1.54, 1.807) is 24.5 Å². The smallest absolute Gasteiger partial charge is 0.229 e. The number of rotatable bonds is 3. The number of amides is 1. The second kappa shape index (κ2) is 6.00. The Hall–Kier alpha value is -2.24. The summed E-state index contributed by atoms with van der Waals surface area (Å²) in [6.45, 7) is 0. The first-order valence-electron chi connectivity index (χ1n) is 7.44. The molecule has 0 bridgehead atoms. The maximum Gasteiger partial charge on any atom is 0.229 e. The van der Waals surface area contributed by atoms with Crippen LogP contribution in [0.1, 0.15) is 17.9 Å². The highest BCUT2D eigenvalue weighted by atomic mass is 35.5. The van der Waals surface area contributed by atoms with Crippen LogP contribution in [0.25, 0.3) is 10.8 Å². The highest BCUT2D eigenvalue weighted by Crippen LogP contribution is 2.47. The zero-order valence-corrected chi connectivity index (χ0v) is 13.9. The van der Waals surface area contributed by atoms with Crippen LogP contribution in [-0.2, 0) is 4.79 Å². The van der Waals surface area contributed by atoms with E-state index in [-0.39, 0.29) is 17.7 Å². The van der Waals surface area contributed by atoms with E-state index >= 15 is 0 Å². The van der Waals surface area contributed by atoms with Crippen molar-refractivity contribution < 1.29 is 4.79 Å². The second-order valence-corrected chi connectivity index (χ2v) is 6.50. The van der Waals surface area contributed by atoms with Gasteiger partial charge in [-0.05, 0) is 41.5 Å². The average Bonchev–Trinajstić information content (AvgIpc) is 3.36. The highest BCUT2D eigenvalue weighted by Gasteiger charge is 2.44. The molecule has 7 heteroatoms. The number of pyridine rings is 3. The fraction of sp³-hybridized carbons (Fsp3) is 0.176. The minimum atomic E-state index is -0.0451. The molecule has 3 aromatic heterocycles. The van der Waals surface area contributed by atoms with Crippen molar-refractivity contribution in [1.29, 1.82) is 0 Å². The van der Waals surface area contributed by atoms with Gasteiger partial charge in [0, 0.05) is 29.9 Å². The fourth-order valence-electron chi connectivity index (χ4n) is 2.81. The van der Waals surface area contributed by atoms with Crippen LogP contribution in [0.3, 0.4) is 0 Å². The maximum absolute atomic E-state index is 12.4. The Kier molecular flexibility index (Phi) is 3.82. The van der Waals surface area contributed by atoms with Crippen LogP contribution in [-0.4, -0.2) is 20.9 Å². The Morgan fingerprint density at radius 2 is 2.12 bits per heavy atom. The van der Waals surface area contributed by atoms with Gasteiger partial charge in [0.05, 0.1) is 0 Å². The Morgan fingerprint density at radius 3 is 2.92 bits per heavy atom. The van der Waals surface area contributed by atoms with Gasteiger partial charge >= 0.3 is 0 Å². The third-order valence-corrected chi connectivity index (χ3v) is 4.61. The van der Waals surface area contributed by atoms with Gasteiger partial charge in [-0.15, -0.1) is 0 Å². The third-order valence-electron chi connectivity index (χ3n) is 4.13. The zero-order valence-electron chi connectivity index (χ0n) is 12.4. The Labute approximate surface area is 148 Å². The molecule has 0 saturated heterocycles. The Bertz CT molecular complexity index is 933. The van der Waals surface area contributed by atoms with Gasteiger partial charge in [-0.2, -0.15) is 0 Å². The number of anilines is 1. The molecule has 1 saturated carbocycles. The van der Waals surface area contributed by atoms with E-state index < -0.39 is 0 Å². The topological polar surface area (TPSA) is 67.8 Å². The molecule has 4 rings (SSSR count). The number of carbonyl (C=O) groups excluding carboxylic acids is 1. The third kappa shape index (κ3) is 2.92. The number of carbonyl (C=O) groups is 1. The van der Waals surface area contributed by atoms with Gasteiger partial charge in [0.2, 0.25) is 5.91 Å². The molecule has 120 valence electrons. The molecule has 1 aliphatic carbocycles. The number of nitrogens with one attached hydrogen (secondary N) is 1. The lowest BCUT2D eigenvalue weighted by atomic mass is 10.1. The van der Waals surface area contributed by atoms with Gasteiger partial charge < -0.3 is 5.32 Å². The van der Waals surface area contributed by atoms with Crippen molar-refractivity contribution in [2.24, 2.45) is 5.92 Å². The van der Waals surface area contributed by atoms with E-state index in [4.69, 9.17) is 23.2 Å². The molecule has 1 N–H and O–H groups in total. The van der Waals surface area contributed by atoms with Crippen LogP contribution in [0.5, 0.6) is 0 Å². The van der Waals surface area contributed by atoms with E-state index in [2.05, 4.69) is 20.3 Å². The fourth-order valence-corrected chi connectivity index (χ4v) is 3.31. The van der Waals surface area contributed by atoms with Crippen LogP contribution in [0.15, 0.2) is 42.9 Å². The lowest BCUT2D eigenvalue weighted by Gasteiger charge is -2.06. The molecule has 24 heavy (non-hydrogen) atoms. The van der Waals surface area contributed by atoms with Crippen molar-refractivity contribution in [2.45, 2.75) is 12.3 Å². The van der Waals surface area contributed by atoms with E-state index in [1.165, 1.54) is 0 Å². The summed E-state index contributed by atoms with van der Waals surface area (Å²) in [7, 11) is 0. The van der Waals surface area contributed by atoms with Crippen LogP contribution in [0.4, 0.5) is 5.82 Å². The first-order chi connectivity index (χ1) is 11.6. The quantitative estimate of drug-likeness (QED) is 0.716. The van der Waals surface area contributed by atoms with Gasteiger partial charge in [0.25, 0.3) is 0 Å². The molecule has 0 spiro atoms. The molecular weight excluding hydrogens is 347 g/mol. The molecule has 3 heterocycles. The minimum Gasteiger partial charge on any atom is -0.310 e. The number of hydrogen-bond acceptors (Lipinski definition) is 4. The average molecular weight is 359 g/mol. The highest BCUT2D eigenvalue weighted by molar-refractivity contribution is 6.36. The minimum absolute atomic E-state index is 0.0399. The SMILES string of the molecule is O=C(Nc1cc2cc(Cl)nc(Cl)c2cn1)C1CC1c1cccnc1. The summed E-state index contributed by atoms with van der Waals surface area (Å²) in [5.41, 5.74) is 1.09. The summed E-state index contributed by atoms with van der Waals surface area (Å²) >= 11 is 12.0. The number of fused-ring (bicyclic) bond motifs is 1. The monoisotopic (exact) mass is 358 g/mol. The molecule has 3 aromatic rings. The molecule has 2 atom stereocenters. The van der Waals surface area contributed by atoms with Crippen molar-refractivity contribution in [3.8, 4) is 0 Å². The summed E-state index contributed by atoms with van der Waals surface area (Å²) in [5.74, 6) is 0.619. The molecule has 5 nitrogen and oxygen atoms in total. The van der Waals surface area contributed by atoms with Crippen LogP contribution >= 0.6 is 23.2 Å². The van der Waals surface area contributed by atoms with E-state index in [9.17, 15) is 4.79 Å². The molecular formula is C17H12Cl2N4O. The first-order valence-corrected chi connectivity index (χ1v) is 8.20. The molecule has 0 aromatic carbocycles. The summed E-state index contributed by atoms with van der Waals surface area (Å²) < 4.78 is 0. The van der Waals surface area contributed by atoms with Crippen LogP contribution in [0.2, 0.25) is 10.3 Å². The molecule has 0 aliphatic heterocycles. The van der Waals surface area contributed by atoms with Crippen molar-refractivity contribution in [3.05, 3.63) is 58.7 Å². The largest absolute Gasteiger partial charge is 0.310 e. The van der Waals surface area contributed by atoms with Gasteiger partial charge in [0.1, 0.15) is 16.1 Å². The second-order valence-electron chi connectivity index (χ2n) is 5.75. The Balaban J connectivity index is 1.52. The van der Waals surface area contributed by atoms with Crippen molar-refractivity contribution in [1.82, 2.24) is 15.0 Å².